The molecule has 8 aromatic rings. The molecule has 0 aliphatic rings. The standard InChI is InChI=1S/C45H31N3/c1-3-10-37(11-4-1)41-15-7-8-16-42(41)44-30-43(47-45(48-44)39-12-5-2-6-13-39)38-27-25-35(26-28-38)33-19-17-32(18-20-33)34-21-23-36(24-22-34)40-14-9-29-46-31-40/h1-31H. The van der Waals surface area contributed by atoms with E-state index in [1.54, 1.807) is 6.20 Å². The van der Waals surface area contributed by atoms with Gasteiger partial charge in [-0.05, 0) is 56.6 Å². The second-order valence-corrected chi connectivity index (χ2v) is 11.7. The molecule has 8 rings (SSSR count). The van der Waals surface area contributed by atoms with Gasteiger partial charge in [0.1, 0.15) is 0 Å². The van der Waals surface area contributed by atoms with Crippen LogP contribution in [0.4, 0.5) is 0 Å². The Hall–Kier alpha value is -6.45. The lowest BCUT2D eigenvalue weighted by molar-refractivity contribution is 1.18. The maximum Gasteiger partial charge on any atom is 0.160 e. The van der Waals surface area contributed by atoms with Crippen LogP contribution in [-0.2, 0) is 0 Å². The fourth-order valence-corrected chi connectivity index (χ4v) is 6.10. The first-order chi connectivity index (χ1) is 23.8. The summed E-state index contributed by atoms with van der Waals surface area (Å²) in [5.41, 5.74) is 14.2. The molecule has 0 amide bonds. The van der Waals surface area contributed by atoms with Gasteiger partial charge in [0.15, 0.2) is 5.82 Å². The molecule has 0 bridgehead atoms. The molecule has 0 unspecified atom stereocenters. The highest BCUT2D eigenvalue weighted by atomic mass is 14.9. The lowest BCUT2D eigenvalue weighted by atomic mass is 9.96. The second-order valence-electron chi connectivity index (χ2n) is 11.7. The molecule has 0 aliphatic heterocycles. The highest BCUT2D eigenvalue weighted by Crippen LogP contribution is 2.35. The fourth-order valence-electron chi connectivity index (χ4n) is 6.10. The zero-order valence-electron chi connectivity index (χ0n) is 26.2. The molecule has 0 spiro atoms. The van der Waals surface area contributed by atoms with Crippen LogP contribution in [0.2, 0.25) is 0 Å². The van der Waals surface area contributed by atoms with Crippen molar-refractivity contribution < 1.29 is 0 Å². The average Bonchev–Trinajstić information content (AvgIpc) is 3.19. The van der Waals surface area contributed by atoms with E-state index in [1.165, 1.54) is 16.7 Å². The predicted octanol–water partition coefficient (Wildman–Crippen LogP) is 11.5. The van der Waals surface area contributed by atoms with Crippen molar-refractivity contribution in [3.63, 3.8) is 0 Å². The largest absolute Gasteiger partial charge is 0.264 e. The van der Waals surface area contributed by atoms with E-state index in [0.29, 0.717) is 5.82 Å². The number of benzene rings is 6. The van der Waals surface area contributed by atoms with Crippen molar-refractivity contribution in [2.75, 3.05) is 0 Å². The number of nitrogens with zero attached hydrogens (tertiary/aromatic N) is 3. The highest BCUT2D eigenvalue weighted by Gasteiger charge is 2.14. The Morgan fingerprint density at radius 1 is 0.292 bits per heavy atom. The Bertz CT molecular complexity index is 2280. The van der Waals surface area contributed by atoms with Crippen LogP contribution in [0, 0.1) is 0 Å². The molecule has 0 saturated carbocycles. The lowest BCUT2D eigenvalue weighted by Crippen LogP contribution is -1.97. The fraction of sp³-hybridized carbons (Fsp3) is 0. The van der Waals surface area contributed by atoms with Crippen molar-refractivity contribution in [2.24, 2.45) is 0 Å². The van der Waals surface area contributed by atoms with Crippen LogP contribution in [-0.4, -0.2) is 15.0 Å². The van der Waals surface area contributed by atoms with Gasteiger partial charge in [-0.1, -0.05) is 164 Å². The van der Waals surface area contributed by atoms with E-state index in [0.717, 1.165) is 55.9 Å². The molecule has 6 aromatic carbocycles. The van der Waals surface area contributed by atoms with Gasteiger partial charge in [0, 0.05) is 29.1 Å². The Morgan fingerprint density at radius 3 is 1.27 bits per heavy atom. The van der Waals surface area contributed by atoms with Gasteiger partial charge in [0.25, 0.3) is 0 Å². The SMILES string of the molecule is c1ccc(-c2nc(-c3ccc(-c4ccc(-c5ccc(-c6cccnc6)cc5)cc4)cc3)cc(-c3ccccc3-c3ccccc3)n2)cc1. The average molecular weight is 614 g/mol. The Labute approximate surface area is 280 Å². The number of aromatic nitrogens is 3. The number of hydrogen-bond donors (Lipinski definition) is 0. The second kappa shape index (κ2) is 13.1. The molecule has 2 heterocycles. The molecule has 0 aliphatic carbocycles. The van der Waals surface area contributed by atoms with Gasteiger partial charge in [-0.15, -0.1) is 0 Å². The summed E-state index contributed by atoms with van der Waals surface area (Å²) in [6, 6.07) is 61.4. The molecular formula is C45H31N3. The van der Waals surface area contributed by atoms with Crippen molar-refractivity contribution >= 4 is 0 Å². The van der Waals surface area contributed by atoms with Crippen molar-refractivity contribution in [3.05, 3.63) is 188 Å². The zero-order valence-corrected chi connectivity index (χ0v) is 26.2. The van der Waals surface area contributed by atoms with Crippen molar-refractivity contribution in [3.8, 4) is 78.4 Å². The molecule has 0 atom stereocenters. The van der Waals surface area contributed by atoms with E-state index >= 15 is 0 Å². The van der Waals surface area contributed by atoms with E-state index in [-0.39, 0.29) is 0 Å². The van der Waals surface area contributed by atoms with Crippen LogP contribution in [0.3, 0.4) is 0 Å². The van der Waals surface area contributed by atoms with Gasteiger partial charge in [0.2, 0.25) is 0 Å². The predicted molar refractivity (Wildman–Crippen MR) is 198 cm³/mol. The summed E-state index contributed by atoms with van der Waals surface area (Å²) in [5.74, 6) is 0.707. The van der Waals surface area contributed by atoms with Crippen LogP contribution in [0.1, 0.15) is 0 Å². The molecule has 0 radical (unpaired) electrons. The molecule has 2 aromatic heterocycles. The van der Waals surface area contributed by atoms with Gasteiger partial charge in [-0.25, -0.2) is 9.97 Å². The van der Waals surface area contributed by atoms with Gasteiger partial charge in [-0.3, -0.25) is 4.98 Å². The first kappa shape index (κ1) is 29.0. The highest BCUT2D eigenvalue weighted by molar-refractivity contribution is 5.84. The van der Waals surface area contributed by atoms with Crippen LogP contribution >= 0.6 is 0 Å². The minimum atomic E-state index is 0.707. The quantitative estimate of drug-likeness (QED) is 0.179. The first-order valence-electron chi connectivity index (χ1n) is 16.1. The summed E-state index contributed by atoms with van der Waals surface area (Å²) >= 11 is 0. The molecule has 3 heteroatoms. The van der Waals surface area contributed by atoms with Gasteiger partial charge < -0.3 is 0 Å². The van der Waals surface area contributed by atoms with E-state index < -0.39 is 0 Å². The van der Waals surface area contributed by atoms with Crippen molar-refractivity contribution in [2.45, 2.75) is 0 Å². The molecule has 48 heavy (non-hydrogen) atoms. The summed E-state index contributed by atoms with van der Waals surface area (Å²) in [6.45, 7) is 0. The maximum absolute atomic E-state index is 5.09. The smallest absolute Gasteiger partial charge is 0.160 e. The topological polar surface area (TPSA) is 38.7 Å². The Kier molecular flexibility index (Phi) is 7.92. The van der Waals surface area contributed by atoms with Crippen molar-refractivity contribution in [1.29, 1.82) is 0 Å². The number of rotatable bonds is 7. The normalized spacial score (nSPS) is 10.9. The minimum absolute atomic E-state index is 0.707. The van der Waals surface area contributed by atoms with Crippen LogP contribution in [0.5, 0.6) is 0 Å². The zero-order chi connectivity index (χ0) is 32.1. The van der Waals surface area contributed by atoms with Crippen LogP contribution in [0.15, 0.2) is 188 Å². The third-order valence-electron chi connectivity index (χ3n) is 8.66. The summed E-state index contributed by atoms with van der Waals surface area (Å²) < 4.78 is 0. The Morgan fingerprint density at radius 2 is 0.729 bits per heavy atom. The molecule has 0 fully saturated rings. The van der Waals surface area contributed by atoms with Gasteiger partial charge >= 0.3 is 0 Å². The lowest BCUT2D eigenvalue weighted by Gasteiger charge is -2.13. The maximum atomic E-state index is 5.09. The summed E-state index contributed by atoms with van der Waals surface area (Å²) in [5, 5.41) is 0. The summed E-state index contributed by atoms with van der Waals surface area (Å²) in [6.07, 6.45) is 3.69. The summed E-state index contributed by atoms with van der Waals surface area (Å²) in [7, 11) is 0. The van der Waals surface area contributed by atoms with Crippen molar-refractivity contribution in [1.82, 2.24) is 15.0 Å². The molecule has 0 saturated heterocycles. The van der Waals surface area contributed by atoms with E-state index in [1.807, 2.05) is 36.5 Å². The molecular weight excluding hydrogens is 583 g/mol. The van der Waals surface area contributed by atoms with Crippen LogP contribution in [0.25, 0.3) is 78.4 Å². The van der Waals surface area contributed by atoms with Crippen LogP contribution < -0.4 is 0 Å². The third kappa shape index (κ3) is 6.05. The molecule has 226 valence electrons. The number of pyridine rings is 1. The van der Waals surface area contributed by atoms with Gasteiger partial charge in [0.05, 0.1) is 11.4 Å². The molecule has 3 nitrogen and oxygen atoms in total. The first-order valence-corrected chi connectivity index (χ1v) is 16.1. The van der Waals surface area contributed by atoms with E-state index in [4.69, 9.17) is 9.97 Å². The van der Waals surface area contributed by atoms with E-state index in [2.05, 4.69) is 151 Å². The number of hydrogen-bond acceptors (Lipinski definition) is 3. The minimum Gasteiger partial charge on any atom is -0.264 e. The van der Waals surface area contributed by atoms with Gasteiger partial charge in [-0.2, -0.15) is 0 Å². The monoisotopic (exact) mass is 613 g/mol. The Balaban J connectivity index is 1.10. The summed E-state index contributed by atoms with van der Waals surface area (Å²) in [4.78, 5) is 14.4. The molecule has 0 N–H and O–H groups in total. The third-order valence-corrected chi connectivity index (χ3v) is 8.66. The van der Waals surface area contributed by atoms with E-state index in [9.17, 15) is 0 Å².